The Kier molecular flexibility index (Phi) is 5.37. The van der Waals surface area contributed by atoms with Gasteiger partial charge in [-0.3, -0.25) is 0 Å². The Hall–Kier alpha value is -1.38. The van der Waals surface area contributed by atoms with E-state index in [9.17, 15) is 5.11 Å². The van der Waals surface area contributed by atoms with E-state index in [-0.39, 0.29) is 6.10 Å². The lowest BCUT2D eigenvalue weighted by molar-refractivity contribution is 0.114. The second kappa shape index (κ2) is 7.27. The van der Waals surface area contributed by atoms with Gasteiger partial charge in [0.05, 0.1) is 6.10 Å². The Labute approximate surface area is 115 Å². The maximum atomic E-state index is 10.1. The third-order valence-corrected chi connectivity index (χ3v) is 3.37. The van der Waals surface area contributed by atoms with Crippen molar-refractivity contribution in [2.45, 2.75) is 32.3 Å². The lowest BCUT2D eigenvalue weighted by Crippen LogP contribution is -2.12. The minimum Gasteiger partial charge on any atom is -0.393 e. The Morgan fingerprint density at radius 2 is 1.89 bits per heavy atom. The summed E-state index contributed by atoms with van der Waals surface area (Å²) in [7, 11) is 0. The van der Waals surface area contributed by atoms with Gasteiger partial charge in [0.2, 0.25) is 0 Å². The van der Waals surface area contributed by atoms with Gasteiger partial charge in [0.1, 0.15) is 0 Å². The summed E-state index contributed by atoms with van der Waals surface area (Å²) in [6, 6.07) is 14.6. The molecule has 0 aliphatic heterocycles. The maximum Gasteiger partial charge on any atom is 0.0581 e. The van der Waals surface area contributed by atoms with Crippen molar-refractivity contribution in [3.05, 3.63) is 48.0 Å². The second-order valence-corrected chi connectivity index (χ2v) is 4.84. The molecule has 102 valence electrons. The molecule has 2 heteroatoms. The van der Waals surface area contributed by atoms with Crippen molar-refractivity contribution >= 4 is 10.8 Å². The van der Waals surface area contributed by atoms with E-state index in [4.69, 9.17) is 4.74 Å². The zero-order valence-electron chi connectivity index (χ0n) is 11.5. The molecule has 1 unspecified atom stereocenters. The summed E-state index contributed by atoms with van der Waals surface area (Å²) in [5.41, 5.74) is 1.22. The predicted octanol–water partition coefficient (Wildman–Crippen LogP) is 3.56. The molecule has 1 atom stereocenters. The number of fused-ring (bicyclic) bond motifs is 1. The van der Waals surface area contributed by atoms with Crippen LogP contribution >= 0.6 is 0 Å². The summed E-state index contributed by atoms with van der Waals surface area (Å²) in [5.74, 6) is 0. The third kappa shape index (κ3) is 4.05. The van der Waals surface area contributed by atoms with Gasteiger partial charge in [-0.25, -0.2) is 0 Å². The molecule has 0 radical (unpaired) electrons. The molecule has 2 rings (SSSR count). The molecule has 2 nitrogen and oxygen atoms in total. The first-order valence-corrected chi connectivity index (χ1v) is 7.03. The lowest BCUT2D eigenvalue weighted by Gasteiger charge is -2.12. The van der Waals surface area contributed by atoms with Crippen LogP contribution in [0.1, 0.15) is 25.3 Å². The Bertz CT molecular complexity index is 502. The van der Waals surface area contributed by atoms with Gasteiger partial charge in [0.15, 0.2) is 0 Å². The van der Waals surface area contributed by atoms with Gasteiger partial charge in [-0.2, -0.15) is 0 Å². The molecule has 0 saturated carbocycles. The molecule has 0 fully saturated rings. The van der Waals surface area contributed by atoms with Gasteiger partial charge < -0.3 is 9.84 Å². The molecule has 2 aromatic carbocycles. The standard InChI is InChI=1S/C17H22O2/c1-2-19-12-6-10-16(18)13-15-9-5-8-14-7-3-4-11-17(14)15/h3-5,7-9,11,16,18H,2,6,10,12-13H2,1H3. The molecule has 1 N–H and O–H groups in total. The Balaban J connectivity index is 1.97. The van der Waals surface area contributed by atoms with E-state index in [1.54, 1.807) is 0 Å². The Morgan fingerprint density at radius 3 is 2.74 bits per heavy atom. The lowest BCUT2D eigenvalue weighted by atomic mass is 9.98. The molecule has 2 aromatic rings. The highest BCUT2D eigenvalue weighted by molar-refractivity contribution is 5.85. The molecule has 0 heterocycles. The van der Waals surface area contributed by atoms with Crippen LogP contribution in [0.15, 0.2) is 42.5 Å². The normalized spacial score (nSPS) is 12.7. The van der Waals surface area contributed by atoms with E-state index in [1.807, 2.05) is 19.1 Å². The van der Waals surface area contributed by atoms with Crippen LogP contribution in [0.5, 0.6) is 0 Å². The molecule has 0 aliphatic carbocycles. The van der Waals surface area contributed by atoms with Crippen molar-refractivity contribution in [3.8, 4) is 0 Å². The molecule has 0 amide bonds. The topological polar surface area (TPSA) is 29.5 Å². The van der Waals surface area contributed by atoms with Gasteiger partial charge in [-0.05, 0) is 42.5 Å². The highest BCUT2D eigenvalue weighted by atomic mass is 16.5. The summed E-state index contributed by atoms with van der Waals surface area (Å²) in [4.78, 5) is 0. The van der Waals surface area contributed by atoms with Gasteiger partial charge in [0, 0.05) is 13.2 Å². The van der Waals surface area contributed by atoms with Gasteiger partial charge in [-0.15, -0.1) is 0 Å². The average molecular weight is 258 g/mol. The molecule has 0 aliphatic rings. The van der Waals surface area contributed by atoms with Crippen LogP contribution in [-0.2, 0) is 11.2 Å². The first-order valence-electron chi connectivity index (χ1n) is 7.03. The van der Waals surface area contributed by atoms with E-state index >= 15 is 0 Å². The monoisotopic (exact) mass is 258 g/mol. The number of hydrogen-bond acceptors (Lipinski definition) is 2. The second-order valence-electron chi connectivity index (χ2n) is 4.84. The Morgan fingerprint density at radius 1 is 1.11 bits per heavy atom. The fourth-order valence-corrected chi connectivity index (χ4v) is 2.39. The number of aliphatic hydroxyl groups is 1. The molecular formula is C17H22O2. The van der Waals surface area contributed by atoms with Crippen LogP contribution in [0.2, 0.25) is 0 Å². The smallest absolute Gasteiger partial charge is 0.0581 e. The minimum absolute atomic E-state index is 0.286. The third-order valence-electron chi connectivity index (χ3n) is 3.37. The number of aliphatic hydroxyl groups excluding tert-OH is 1. The van der Waals surface area contributed by atoms with Crippen molar-refractivity contribution < 1.29 is 9.84 Å². The zero-order valence-corrected chi connectivity index (χ0v) is 11.5. The van der Waals surface area contributed by atoms with Crippen LogP contribution in [0, 0.1) is 0 Å². The van der Waals surface area contributed by atoms with Gasteiger partial charge in [-0.1, -0.05) is 42.5 Å². The fourth-order valence-electron chi connectivity index (χ4n) is 2.39. The quantitative estimate of drug-likeness (QED) is 0.769. The summed E-state index contributed by atoms with van der Waals surface area (Å²) in [5, 5.41) is 12.6. The first-order chi connectivity index (χ1) is 9.31. The van der Waals surface area contributed by atoms with Crippen molar-refractivity contribution in [1.29, 1.82) is 0 Å². The van der Waals surface area contributed by atoms with Crippen LogP contribution in [0.4, 0.5) is 0 Å². The van der Waals surface area contributed by atoms with Crippen LogP contribution in [0.25, 0.3) is 10.8 Å². The number of rotatable bonds is 7. The summed E-state index contributed by atoms with van der Waals surface area (Å²) in [6.45, 7) is 3.48. The zero-order chi connectivity index (χ0) is 13.5. The SMILES string of the molecule is CCOCCCC(O)Cc1cccc2ccccc12. The van der Waals surface area contributed by atoms with E-state index in [0.29, 0.717) is 6.42 Å². The van der Waals surface area contributed by atoms with Crippen LogP contribution in [-0.4, -0.2) is 24.4 Å². The van der Waals surface area contributed by atoms with Gasteiger partial charge in [0.25, 0.3) is 0 Å². The minimum atomic E-state index is -0.286. The largest absolute Gasteiger partial charge is 0.393 e. The van der Waals surface area contributed by atoms with Crippen molar-refractivity contribution in [2.75, 3.05) is 13.2 Å². The number of hydrogen-bond donors (Lipinski definition) is 1. The van der Waals surface area contributed by atoms with Crippen molar-refractivity contribution in [2.24, 2.45) is 0 Å². The van der Waals surface area contributed by atoms with E-state index in [0.717, 1.165) is 26.1 Å². The molecule has 0 bridgehead atoms. The van der Waals surface area contributed by atoms with Gasteiger partial charge >= 0.3 is 0 Å². The van der Waals surface area contributed by atoms with Crippen LogP contribution in [0.3, 0.4) is 0 Å². The van der Waals surface area contributed by atoms with E-state index < -0.39 is 0 Å². The van der Waals surface area contributed by atoms with E-state index in [2.05, 4.69) is 30.3 Å². The fraction of sp³-hybridized carbons (Fsp3) is 0.412. The number of ether oxygens (including phenoxy) is 1. The first kappa shape index (κ1) is 14.0. The average Bonchev–Trinajstić information content (AvgIpc) is 2.44. The highest BCUT2D eigenvalue weighted by Crippen LogP contribution is 2.20. The van der Waals surface area contributed by atoms with Crippen LogP contribution < -0.4 is 0 Å². The molecule has 0 saturated heterocycles. The maximum absolute atomic E-state index is 10.1. The summed E-state index contributed by atoms with van der Waals surface area (Å²) < 4.78 is 5.29. The molecule has 0 aromatic heterocycles. The summed E-state index contributed by atoms with van der Waals surface area (Å²) in [6.07, 6.45) is 2.14. The van der Waals surface area contributed by atoms with Crippen molar-refractivity contribution in [3.63, 3.8) is 0 Å². The molecule has 0 spiro atoms. The highest BCUT2D eigenvalue weighted by Gasteiger charge is 2.08. The number of benzene rings is 2. The van der Waals surface area contributed by atoms with E-state index in [1.165, 1.54) is 16.3 Å². The molecular weight excluding hydrogens is 236 g/mol. The van der Waals surface area contributed by atoms with Crippen molar-refractivity contribution in [1.82, 2.24) is 0 Å². The molecule has 19 heavy (non-hydrogen) atoms. The summed E-state index contributed by atoms with van der Waals surface area (Å²) >= 11 is 0. The predicted molar refractivity (Wildman–Crippen MR) is 79.4 cm³/mol.